The Labute approximate surface area is 101 Å². The molecule has 94 valence electrons. The van der Waals surface area contributed by atoms with Crippen LogP contribution in [-0.4, -0.2) is 29.3 Å². The summed E-state index contributed by atoms with van der Waals surface area (Å²) in [6, 6.07) is 1.69. The number of hydrogen-bond donors (Lipinski definition) is 2. The van der Waals surface area contributed by atoms with Crippen molar-refractivity contribution >= 4 is 5.82 Å². The van der Waals surface area contributed by atoms with Crippen LogP contribution >= 0.6 is 0 Å². The van der Waals surface area contributed by atoms with Crippen LogP contribution in [-0.2, 0) is 4.74 Å². The Bertz CT molecular complexity index is 361. The molecule has 0 bridgehead atoms. The van der Waals surface area contributed by atoms with E-state index in [1.165, 1.54) is 6.33 Å². The molecule has 1 aliphatic rings. The van der Waals surface area contributed by atoms with Crippen LogP contribution in [0.3, 0.4) is 0 Å². The summed E-state index contributed by atoms with van der Waals surface area (Å²) in [5, 5.41) is 0. The molecule has 1 aromatic heterocycles. The molecule has 1 fully saturated rings. The van der Waals surface area contributed by atoms with Crippen molar-refractivity contribution in [3.63, 3.8) is 0 Å². The minimum absolute atomic E-state index is 0.161. The van der Waals surface area contributed by atoms with Crippen molar-refractivity contribution in [2.75, 3.05) is 12.5 Å². The van der Waals surface area contributed by atoms with Crippen LogP contribution in [0.1, 0.15) is 25.7 Å². The van der Waals surface area contributed by atoms with E-state index in [1.54, 1.807) is 13.2 Å². The molecule has 0 radical (unpaired) electrons. The summed E-state index contributed by atoms with van der Waals surface area (Å²) in [5.41, 5.74) is 2.47. The highest BCUT2D eigenvalue weighted by molar-refractivity contribution is 5.35. The molecule has 1 heterocycles. The molecular weight excluding hydrogens is 220 g/mol. The maximum atomic E-state index is 5.80. The fourth-order valence-corrected chi connectivity index (χ4v) is 2.08. The number of ether oxygens (including phenoxy) is 2. The lowest BCUT2D eigenvalue weighted by molar-refractivity contribution is 0.0195. The van der Waals surface area contributed by atoms with Crippen LogP contribution in [0.5, 0.6) is 5.88 Å². The second kappa shape index (κ2) is 5.79. The van der Waals surface area contributed by atoms with Crippen molar-refractivity contribution in [1.82, 2.24) is 9.97 Å². The fourth-order valence-electron chi connectivity index (χ4n) is 2.08. The van der Waals surface area contributed by atoms with Gasteiger partial charge in [-0.1, -0.05) is 0 Å². The summed E-state index contributed by atoms with van der Waals surface area (Å²) in [5.74, 6) is 6.38. The van der Waals surface area contributed by atoms with Crippen LogP contribution in [0, 0.1) is 0 Å². The van der Waals surface area contributed by atoms with Gasteiger partial charge in [0.15, 0.2) is 0 Å². The maximum Gasteiger partial charge on any atom is 0.218 e. The maximum absolute atomic E-state index is 5.80. The lowest BCUT2D eigenvalue weighted by atomic mass is 9.95. The predicted molar refractivity (Wildman–Crippen MR) is 63.5 cm³/mol. The Morgan fingerprint density at radius 1 is 1.35 bits per heavy atom. The SMILES string of the molecule is COC1CCCC(Oc2cc(NN)ncn2)C1. The molecule has 1 aliphatic carbocycles. The lowest BCUT2D eigenvalue weighted by Gasteiger charge is -2.28. The van der Waals surface area contributed by atoms with Gasteiger partial charge in [0, 0.05) is 19.6 Å². The Balaban J connectivity index is 1.95. The number of nitrogen functional groups attached to an aromatic ring is 1. The third-order valence-electron chi connectivity index (χ3n) is 2.99. The number of rotatable bonds is 4. The Kier molecular flexibility index (Phi) is 4.11. The van der Waals surface area contributed by atoms with E-state index in [1.807, 2.05) is 0 Å². The van der Waals surface area contributed by atoms with Crippen molar-refractivity contribution in [3.05, 3.63) is 12.4 Å². The molecule has 17 heavy (non-hydrogen) atoms. The van der Waals surface area contributed by atoms with Crippen molar-refractivity contribution < 1.29 is 9.47 Å². The van der Waals surface area contributed by atoms with E-state index < -0.39 is 0 Å². The van der Waals surface area contributed by atoms with Gasteiger partial charge in [0.2, 0.25) is 5.88 Å². The Hall–Kier alpha value is -1.40. The number of hydrazine groups is 1. The second-order valence-electron chi connectivity index (χ2n) is 4.15. The van der Waals surface area contributed by atoms with Gasteiger partial charge in [-0.15, -0.1) is 0 Å². The minimum atomic E-state index is 0.161. The molecule has 1 saturated carbocycles. The number of nitrogens with one attached hydrogen (secondary N) is 1. The fraction of sp³-hybridized carbons (Fsp3) is 0.636. The van der Waals surface area contributed by atoms with Crippen LogP contribution in [0.4, 0.5) is 5.82 Å². The first-order valence-corrected chi connectivity index (χ1v) is 5.80. The first-order valence-electron chi connectivity index (χ1n) is 5.80. The summed E-state index contributed by atoms with van der Waals surface area (Å²) >= 11 is 0. The van der Waals surface area contributed by atoms with Crippen LogP contribution < -0.4 is 16.0 Å². The van der Waals surface area contributed by atoms with E-state index in [-0.39, 0.29) is 6.10 Å². The van der Waals surface area contributed by atoms with E-state index >= 15 is 0 Å². The second-order valence-corrected chi connectivity index (χ2v) is 4.15. The summed E-state index contributed by atoms with van der Waals surface area (Å²) in [7, 11) is 1.74. The quantitative estimate of drug-likeness (QED) is 0.603. The Morgan fingerprint density at radius 3 is 2.94 bits per heavy atom. The van der Waals surface area contributed by atoms with Gasteiger partial charge in [-0.3, -0.25) is 0 Å². The van der Waals surface area contributed by atoms with Gasteiger partial charge in [-0.05, 0) is 19.3 Å². The average Bonchev–Trinajstić information content (AvgIpc) is 2.39. The monoisotopic (exact) mass is 238 g/mol. The first kappa shape index (κ1) is 12.1. The van der Waals surface area contributed by atoms with Gasteiger partial charge in [0.1, 0.15) is 18.2 Å². The molecule has 0 aromatic carbocycles. The number of hydrogen-bond acceptors (Lipinski definition) is 6. The highest BCUT2D eigenvalue weighted by Gasteiger charge is 2.23. The van der Waals surface area contributed by atoms with Gasteiger partial charge in [-0.2, -0.15) is 0 Å². The van der Waals surface area contributed by atoms with Crippen molar-refractivity contribution in [2.24, 2.45) is 5.84 Å². The summed E-state index contributed by atoms with van der Waals surface area (Å²) < 4.78 is 11.2. The molecule has 3 N–H and O–H groups in total. The minimum Gasteiger partial charge on any atom is -0.474 e. The van der Waals surface area contributed by atoms with Crippen LogP contribution in [0.25, 0.3) is 0 Å². The van der Waals surface area contributed by atoms with Crippen molar-refractivity contribution in [3.8, 4) is 5.88 Å². The molecule has 0 spiro atoms. The van der Waals surface area contributed by atoms with E-state index in [4.69, 9.17) is 15.3 Å². The highest BCUT2D eigenvalue weighted by atomic mass is 16.5. The molecule has 0 aliphatic heterocycles. The normalized spacial score (nSPS) is 24.4. The molecule has 0 saturated heterocycles. The molecule has 2 rings (SSSR count). The number of nitrogens with two attached hydrogens (primary N) is 1. The molecular formula is C11H18N4O2. The molecule has 6 nitrogen and oxygen atoms in total. The number of methoxy groups -OCH3 is 1. The van der Waals surface area contributed by atoms with Gasteiger partial charge < -0.3 is 14.9 Å². The third-order valence-corrected chi connectivity index (χ3v) is 2.99. The Morgan fingerprint density at radius 2 is 2.18 bits per heavy atom. The zero-order chi connectivity index (χ0) is 12.1. The summed E-state index contributed by atoms with van der Waals surface area (Å²) in [4.78, 5) is 7.99. The number of nitrogens with zero attached hydrogens (tertiary/aromatic N) is 2. The van der Waals surface area contributed by atoms with Crippen LogP contribution in [0.15, 0.2) is 12.4 Å². The van der Waals surface area contributed by atoms with Gasteiger partial charge in [0.25, 0.3) is 0 Å². The smallest absolute Gasteiger partial charge is 0.218 e. The molecule has 1 aromatic rings. The molecule has 0 amide bonds. The number of aromatic nitrogens is 2. The molecule has 2 unspecified atom stereocenters. The highest BCUT2D eigenvalue weighted by Crippen LogP contribution is 2.24. The van der Waals surface area contributed by atoms with Gasteiger partial charge in [-0.25, -0.2) is 15.8 Å². The zero-order valence-electron chi connectivity index (χ0n) is 9.93. The van der Waals surface area contributed by atoms with Crippen molar-refractivity contribution in [2.45, 2.75) is 37.9 Å². The average molecular weight is 238 g/mol. The molecule has 2 atom stereocenters. The zero-order valence-corrected chi connectivity index (χ0v) is 9.93. The largest absolute Gasteiger partial charge is 0.474 e. The van der Waals surface area contributed by atoms with Gasteiger partial charge >= 0.3 is 0 Å². The summed E-state index contributed by atoms with van der Waals surface area (Å²) in [6.07, 6.45) is 6.06. The molecule has 6 heteroatoms. The van der Waals surface area contributed by atoms with E-state index in [0.717, 1.165) is 25.7 Å². The van der Waals surface area contributed by atoms with E-state index in [0.29, 0.717) is 17.8 Å². The topological polar surface area (TPSA) is 82.3 Å². The van der Waals surface area contributed by atoms with Crippen molar-refractivity contribution in [1.29, 1.82) is 0 Å². The van der Waals surface area contributed by atoms with Gasteiger partial charge in [0.05, 0.1) is 6.10 Å². The van der Waals surface area contributed by atoms with Crippen LogP contribution in [0.2, 0.25) is 0 Å². The number of anilines is 1. The first-order chi connectivity index (χ1) is 8.31. The van der Waals surface area contributed by atoms with E-state index in [9.17, 15) is 0 Å². The lowest BCUT2D eigenvalue weighted by Crippen LogP contribution is -2.29. The third kappa shape index (κ3) is 3.28. The standard InChI is InChI=1S/C11H18N4O2/c1-16-8-3-2-4-9(5-8)17-11-6-10(15-12)13-7-14-11/h6-9H,2-5,12H2,1H3,(H,13,14,15). The van der Waals surface area contributed by atoms with E-state index in [2.05, 4.69) is 15.4 Å². The summed E-state index contributed by atoms with van der Waals surface area (Å²) in [6.45, 7) is 0. The predicted octanol–water partition coefficient (Wildman–Crippen LogP) is 1.10.